The average Bonchev–Trinajstić information content (AvgIpc) is 2.46. The van der Waals surface area contributed by atoms with Crippen LogP contribution in [-0.2, 0) is 10.0 Å². The first-order valence-electron chi connectivity index (χ1n) is 7.00. The Kier molecular flexibility index (Phi) is 3.31. The Morgan fingerprint density at radius 3 is 2.43 bits per heavy atom. The van der Waals surface area contributed by atoms with E-state index in [0.717, 1.165) is 10.8 Å². The third-order valence-corrected chi connectivity index (χ3v) is 6.01. The lowest BCUT2D eigenvalue weighted by Crippen LogP contribution is -2.61. The van der Waals surface area contributed by atoms with Crippen LogP contribution >= 0.6 is 0 Å². The number of benzene rings is 2. The lowest BCUT2D eigenvalue weighted by atomic mass is 9.65. The summed E-state index contributed by atoms with van der Waals surface area (Å²) in [6, 6.07) is 12.5. The van der Waals surface area contributed by atoms with E-state index in [4.69, 9.17) is 0 Å². The van der Waals surface area contributed by atoms with E-state index in [1.165, 1.54) is 0 Å². The Bertz CT molecular complexity index is 783. The van der Waals surface area contributed by atoms with E-state index < -0.39 is 21.5 Å². The predicted octanol–water partition coefficient (Wildman–Crippen LogP) is 2.28. The summed E-state index contributed by atoms with van der Waals surface area (Å²) < 4.78 is 27.7. The number of aliphatic hydroxyl groups excluding tert-OH is 1. The monoisotopic (exact) mass is 305 g/mol. The van der Waals surface area contributed by atoms with Gasteiger partial charge in [-0.2, -0.15) is 0 Å². The highest BCUT2D eigenvalue weighted by atomic mass is 32.2. The number of hydrogen-bond donors (Lipinski definition) is 2. The van der Waals surface area contributed by atoms with Crippen molar-refractivity contribution >= 4 is 20.8 Å². The van der Waals surface area contributed by atoms with Crippen molar-refractivity contribution in [1.29, 1.82) is 0 Å². The summed E-state index contributed by atoms with van der Waals surface area (Å²) in [5, 5.41) is 11.6. The van der Waals surface area contributed by atoms with Gasteiger partial charge in [0.25, 0.3) is 0 Å². The lowest BCUT2D eigenvalue weighted by Gasteiger charge is -2.49. The minimum atomic E-state index is -3.57. The zero-order valence-corrected chi connectivity index (χ0v) is 12.9. The van der Waals surface area contributed by atoms with E-state index in [2.05, 4.69) is 4.72 Å². The van der Waals surface area contributed by atoms with Crippen LogP contribution in [0.15, 0.2) is 47.4 Å². The summed E-state index contributed by atoms with van der Waals surface area (Å²) >= 11 is 0. The fourth-order valence-electron chi connectivity index (χ4n) is 2.69. The number of nitrogens with one attached hydrogen (secondary N) is 1. The molecule has 0 amide bonds. The van der Waals surface area contributed by atoms with Crippen LogP contribution in [0.2, 0.25) is 0 Å². The molecule has 3 rings (SSSR count). The maximum absolute atomic E-state index is 12.5. The zero-order chi connectivity index (χ0) is 15.3. The number of fused-ring (bicyclic) bond motifs is 1. The molecule has 1 saturated carbocycles. The molecule has 0 radical (unpaired) electrons. The fraction of sp³-hybridized carbons (Fsp3) is 0.375. The molecular formula is C16H19NO3S. The Morgan fingerprint density at radius 2 is 1.81 bits per heavy atom. The number of hydrogen-bond acceptors (Lipinski definition) is 3. The summed E-state index contributed by atoms with van der Waals surface area (Å²) in [5.41, 5.74) is -0.427. The normalized spacial score (nSPS) is 24.7. The summed E-state index contributed by atoms with van der Waals surface area (Å²) in [6.45, 7) is 3.74. The first-order valence-corrected chi connectivity index (χ1v) is 8.48. The molecule has 112 valence electrons. The molecule has 0 spiro atoms. The lowest BCUT2D eigenvalue weighted by molar-refractivity contribution is -0.0645. The molecule has 0 aromatic heterocycles. The number of rotatable bonds is 3. The predicted molar refractivity (Wildman–Crippen MR) is 82.5 cm³/mol. The largest absolute Gasteiger partial charge is 0.392 e. The standard InChI is InChI=1S/C16H19NO3S/c1-16(2)14(10-15(16)18)17-21(19,20)13-8-7-11-5-3-4-6-12(11)9-13/h3-9,14-15,17-18H,10H2,1-2H3. The van der Waals surface area contributed by atoms with Crippen molar-refractivity contribution in [2.75, 3.05) is 0 Å². The van der Waals surface area contributed by atoms with Gasteiger partial charge in [-0.1, -0.05) is 44.2 Å². The minimum Gasteiger partial charge on any atom is -0.392 e. The quantitative estimate of drug-likeness (QED) is 0.914. The molecule has 2 unspecified atom stereocenters. The van der Waals surface area contributed by atoms with Crippen LogP contribution in [0.4, 0.5) is 0 Å². The maximum atomic E-state index is 12.5. The Hall–Kier alpha value is -1.43. The van der Waals surface area contributed by atoms with Gasteiger partial charge in [-0.15, -0.1) is 0 Å². The van der Waals surface area contributed by atoms with Crippen LogP contribution in [0.25, 0.3) is 10.8 Å². The van der Waals surface area contributed by atoms with Crippen LogP contribution in [0.3, 0.4) is 0 Å². The fourth-order valence-corrected chi connectivity index (χ4v) is 4.13. The molecule has 0 saturated heterocycles. The Morgan fingerprint density at radius 1 is 1.14 bits per heavy atom. The molecule has 1 aliphatic rings. The number of sulfonamides is 1. The van der Waals surface area contributed by atoms with E-state index in [1.54, 1.807) is 12.1 Å². The highest BCUT2D eigenvalue weighted by molar-refractivity contribution is 7.89. The van der Waals surface area contributed by atoms with Gasteiger partial charge in [0, 0.05) is 11.5 Å². The van der Waals surface area contributed by atoms with Gasteiger partial charge in [0.15, 0.2) is 0 Å². The van der Waals surface area contributed by atoms with Gasteiger partial charge < -0.3 is 5.11 Å². The second-order valence-electron chi connectivity index (χ2n) is 6.26. The molecule has 0 aliphatic heterocycles. The molecule has 21 heavy (non-hydrogen) atoms. The molecule has 5 heteroatoms. The average molecular weight is 305 g/mol. The summed E-state index contributed by atoms with van der Waals surface area (Å²) in [5.74, 6) is 0. The zero-order valence-electron chi connectivity index (χ0n) is 12.1. The summed E-state index contributed by atoms with van der Waals surface area (Å²) in [7, 11) is -3.57. The van der Waals surface area contributed by atoms with Crippen molar-refractivity contribution in [2.45, 2.75) is 37.3 Å². The highest BCUT2D eigenvalue weighted by Gasteiger charge is 2.48. The molecule has 2 atom stereocenters. The van der Waals surface area contributed by atoms with Gasteiger partial charge in [-0.05, 0) is 29.3 Å². The van der Waals surface area contributed by atoms with E-state index in [9.17, 15) is 13.5 Å². The summed E-state index contributed by atoms with van der Waals surface area (Å²) in [6.07, 6.45) is 0.00148. The third kappa shape index (κ3) is 2.46. The van der Waals surface area contributed by atoms with Gasteiger partial charge in [0.2, 0.25) is 10.0 Å². The van der Waals surface area contributed by atoms with Crippen LogP contribution < -0.4 is 4.72 Å². The first kappa shape index (κ1) is 14.5. The Balaban J connectivity index is 1.90. The van der Waals surface area contributed by atoms with Crippen LogP contribution in [0, 0.1) is 5.41 Å². The molecule has 2 aromatic rings. The van der Waals surface area contributed by atoms with Gasteiger partial charge in [0.1, 0.15) is 0 Å². The van der Waals surface area contributed by atoms with Gasteiger partial charge in [-0.25, -0.2) is 13.1 Å². The molecule has 1 fully saturated rings. The third-order valence-electron chi connectivity index (χ3n) is 4.54. The van der Waals surface area contributed by atoms with E-state index >= 15 is 0 Å². The van der Waals surface area contributed by atoms with Crippen molar-refractivity contribution in [3.8, 4) is 0 Å². The molecule has 0 heterocycles. The SMILES string of the molecule is CC1(C)C(O)CC1NS(=O)(=O)c1ccc2ccccc2c1. The van der Waals surface area contributed by atoms with Crippen LogP contribution in [0.5, 0.6) is 0 Å². The molecule has 2 aromatic carbocycles. The van der Waals surface area contributed by atoms with Crippen LogP contribution in [0.1, 0.15) is 20.3 Å². The minimum absolute atomic E-state index is 0.232. The molecule has 0 bridgehead atoms. The van der Waals surface area contributed by atoms with Crippen molar-refractivity contribution in [1.82, 2.24) is 4.72 Å². The first-order chi connectivity index (χ1) is 9.80. The molecule has 2 N–H and O–H groups in total. The second kappa shape index (κ2) is 4.80. The van der Waals surface area contributed by atoms with E-state index in [0.29, 0.717) is 6.42 Å². The Labute approximate surface area is 124 Å². The topological polar surface area (TPSA) is 66.4 Å². The van der Waals surface area contributed by atoms with Crippen molar-refractivity contribution in [2.24, 2.45) is 5.41 Å². The highest BCUT2D eigenvalue weighted by Crippen LogP contribution is 2.41. The molecule has 1 aliphatic carbocycles. The number of aliphatic hydroxyl groups is 1. The second-order valence-corrected chi connectivity index (χ2v) is 7.97. The van der Waals surface area contributed by atoms with Crippen molar-refractivity contribution in [3.63, 3.8) is 0 Å². The smallest absolute Gasteiger partial charge is 0.240 e. The van der Waals surface area contributed by atoms with Crippen molar-refractivity contribution in [3.05, 3.63) is 42.5 Å². The van der Waals surface area contributed by atoms with E-state index in [-0.39, 0.29) is 10.9 Å². The molecule has 4 nitrogen and oxygen atoms in total. The van der Waals surface area contributed by atoms with Crippen molar-refractivity contribution < 1.29 is 13.5 Å². The molecular weight excluding hydrogens is 286 g/mol. The van der Waals surface area contributed by atoms with E-state index in [1.807, 2.05) is 44.2 Å². The van der Waals surface area contributed by atoms with Gasteiger partial charge in [0.05, 0.1) is 11.0 Å². The van der Waals surface area contributed by atoms with Gasteiger partial charge in [-0.3, -0.25) is 0 Å². The van der Waals surface area contributed by atoms with Crippen LogP contribution in [-0.4, -0.2) is 25.7 Å². The van der Waals surface area contributed by atoms with Gasteiger partial charge >= 0.3 is 0 Å². The maximum Gasteiger partial charge on any atom is 0.240 e. The summed E-state index contributed by atoms with van der Waals surface area (Å²) in [4.78, 5) is 0.262.